The van der Waals surface area contributed by atoms with Crippen LogP contribution in [0.5, 0.6) is 0 Å². The number of hydrogen-bond acceptors (Lipinski definition) is 4. The zero-order valence-corrected chi connectivity index (χ0v) is 15.1. The molecule has 1 N–H and O–H groups in total. The molecule has 0 unspecified atom stereocenters. The molecule has 1 saturated heterocycles. The van der Waals surface area contributed by atoms with Crippen LogP contribution in [0.3, 0.4) is 0 Å². The third-order valence-corrected chi connectivity index (χ3v) is 5.01. The molecule has 1 aromatic heterocycles. The van der Waals surface area contributed by atoms with Gasteiger partial charge in [-0.2, -0.15) is 0 Å². The normalized spacial score (nSPS) is 14.5. The molecule has 2 aromatic carbocycles. The minimum atomic E-state index is -0.381. The minimum absolute atomic E-state index is 0.0377. The molecule has 3 aromatic rings. The average molecular weight is 362 g/mol. The molecule has 0 saturated carbocycles. The molecule has 5 nitrogen and oxygen atoms in total. The van der Waals surface area contributed by atoms with Crippen molar-refractivity contribution >= 4 is 16.9 Å². The Morgan fingerprint density at radius 1 is 1.00 bits per heavy atom. The van der Waals surface area contributed by atoms with Gasteiger partial charge in [0, 0.05) is 19.2 Å². The van der Waals surface area contributed by atoms with Crippen LogP contribution in [0.15, 0.2) is 63.8 Å². The molecule has 1 amide bonds. The second-order valence-corrected chi connectivity index (χ2v) is 6.91. The summed E-state index contributed by atoms with van der Waals surface area (Å²) in [7, 11) is 0. The number of carbonyl (C=O) groups is 1. The molecule has 1 fully saturated rings. The average Bonchev–Trinajstić information content (AvgIpc) is 3.20. The van der Waals surface area contributed by atoms with Gasteiger partial charge in [0.15, 0.2) is 11.2 Å². The third-order valence-electron chi connectivity index (χ3n) is 5.01. The number of fused-ring (bicyclic) bond motifs is 1. The fourth-order valence-corrected chi connectivity index (χ4v) is 3.54. The predicted octanol–water partition coefficient (Wildman–Crippen LogP) is 3.32. The van der Waals surface area contributed by atoms with Crippen LogP contribution in [0.2, 0.25) is 0 Å². The van der Waals surface area contributed by atoms with E-state index in [4.69, 9.17) is 4.42 Å². The Labute approximate surface area is 157 Å². The van der Waals surface area contributed by atoms with Gasteiger partial charge in [-0.1, -0.05) is 36.4 Å². The number of hydrogen-bond donors (Lipinski definition) is 1. The summed E-state index contributed by atoms with van der Waals surface area (Å²) >= 11 is 0. The van der Waals surface area contributed by atoms with Crippen molar-refractivity contribution in [1.29, 1.82) is 0 Å². The second-order valence-electron chi connectivity index (χ2n) is 6.91. The molecule has 0 atom stereocenters. The molecule has 0 bridgehead atoms. The van der Waals surface area contributed by atoms with E-state index in [1.807, 2.05) is 18.2 Å². The molecule has 27 heavy (non-hydrogen) atoms. The maximum Gasteiger partial charge on any atom is 0.287 e. The van der Waals surface area contributed by atoms with E-state index in [2.05, 4.69) is 16.3 Å². The highest BCUT2D eigenvalue weighted by Gasteiger charge is 2.15. The molecule has 0 spiro atoms. The van der Waals surface area contributed by atoms with E-state index < -0.39 is 0 Å². The Morgan fingerprint density at radius 2 is 1.70 bits per heavy atom. The van der Waals surface area contributed by atoms with E-state index in [1.54, 1.807) is 24.3 Å². The van der Waals surface area contributed by atoms with Gasteiger partial charge >= 0.3 is 0 Å². The number of para-hydroxylation sites is 1. The van der Waals surface area contributed by atoms with Crippen molar-refractivity contribution in [3.05, 3.63) is 81.7 Å². The summed E-state index contributed by atoms with van der Waals surface area (Å²) in [5.41, 5.74) is 2.52. The first-order chi connectivity index (χ1) is 13.2. The predicted molar refractivity (Wildman–Crippen MR) is 105 cm³/mol. The summed E-state index contributed by atoms with van der Waals surface area (Å²) < 4.78 is 5.61. The van der Waals surface area contributed by atoms with Gasteiger partial charge in [-0.3, -0.25) is 14.5 Å². The molecule has 4 rings (SSSR count). The smallest absolute Gasteiger partial charge is 0.287 e. The van der Waals surface area contributed by atoms with Crippen LogP contribution in [0.4, 0.5) is 0 Å². The summed E-state index contributed by atoms with van der Waals surface area (Å²) in [6.45, 7) is 3.56. The lowest BCUT2D eigenvalue weighted by Gasteiger charge is -2.17. The Morgan fingerprint density at radius 3 is 2.52 bits per heavy atom. The summed E-state index contributed by atoms with van der Waals surface area (Å²) in [5.74, 6) is -0.343. The summed E-state index contributed by atoms with van der Waals surface area (Å²) in [5, 5.41) is 3.36. The van der Waals surface area contributed by atoms with Crippen LogP contribution in [-0.2, 0) is 13.1 Å². The number of carbonyl (C=O) groups excluding carboxylic acids is 1. The van der Waals surface area contributed by atoms with E-state index >= 15 is 0 Å². The first-order valence-corrected chi connectivity index (χ1v) is 9.31. The maximum atomic E-state index is 12.5. The highest BCUT2D eigenvalue weighted by Crippen LogP contribution is 2.16. The zero-order valence-electron chi connectivity index (χ0n) is 15.1. The molecule has 1 aliphatic heterocycles. The lowest BCUT2D eigenvalue weighted by atomic mass is 10.1. The van der Waals surface area contributed by atoms with Crippen molar-refractivity contribution in [3.63, 3.8) is 0 Å². The maximum absolute atomic E-state index is 12.5. The Bertz CT molecular complexity index is 1020. The van der Waals surface area contributed by atoms with Gasteiger partial charge in [-0.05, 0) is 49.2 Å². The molecule has 2 heterocycles. The highest BCUT2D eigenvalue weighted by atomic mass is 16.3. The van der Waals surface area contributed by atoms with Gasteiger partial charge < -0.3 is 9.73 Å². The molecular formula is C22H22N2O3. The zero-order chi connectivity index (χ0) is 18.6. The van der Waals surface area contributed by atoms with E-state index in [0.717, 1.165) is 25.2 Å². The van der Waals surface area contributed by atoms with Crippen LogP contribution in [0.25, 0.3) is 11.0 Å². The number of benzene rings is 2. The van der Waals surface area contributed by atoms with Crippen molar-refractivity contribution in [3.8, 4) is 0 Å². The fraction of sp³-hybridized carbons (Fsp3) is 0.273. The lowest BCUT2D eigenvalue weighted by Crippen LogP contribution is -2.25. The van der Waals surface area contributed by atoms with Crippen LogP contribution in [-0.4, -0.2) is 23.9 Å². The highest BCUT2D eigenvalue weighted by molar-refractivity contribution is 5.93. The monoisotopic (exact) mass is 362 g/mol. The van der Waals surface area contributed by atoms with E-state index in [0.29, 0.717) is 17.5 Å². The number of likely N-dealkylation sites (tertiary alicyclic amines) is 1. The SMILES string of the molecule is O=C(NCc1ccccc1CN1CCCC1)c1cc(=O)c2ccccc2o1. The van der Waals surface area contributed by atoms with E-state index in [-0.39, 0.29) is 17.1 Å². The Balaban J connectivity index is 1.49. The van der Waals surface area contributed by atoms with Crippen molar-refractivity contribution < 1.29 is 9.21 Å². The number of amides is 1. The minimum Gasteiger partial charge on any atom is -0.451 e. The summed E-state index contributed by atoms with van der Waals surface area (Å²) in [4.78, 5) is 27.1. The first-order valence-electron chi connectivity index (χ1n) is 9.31. The van der Waals surface area contributed by atoms with Gasteiger partial charge in [0.25, 0.3) is 5.91 Å². The second kappa shape index (κ2) is 7.76. The standard InChI is InChI=1S/C22H22N2O3/c25-19-13-21(27-20-10-4-3-9-18(19)20)22(26)23-14-16-7-1-2-8-17(16)15-24-11-5-6-12-24/h1-4,7-10,13H,5-6,11-12,14-15H2,(H,23,26). The number of nitrogens with zero attached hydrogens (tertiary/aromatic N) is 1. The van der Waals surface area contributed by atoms with Crippen LogP contribution < -0.4 is 10.7 Å². The quantitative estimate of drug-likeness (QED) is 0.756. The molecule has 5 heteroatoms. The first kappa shape index (κ1) is 17.5. The van der Waals surface area contributed by atoms with E-state index in [9.17, 15) is 9.59 Å². The number of rotatable bonds is 5. The lowest BCUT2D eigenvalue weighted by molar-refractivity contribution is 0.0923. The largest absolute Gasteiger partial charge is 0.451 e. The van der Waals surface area contributed by atoms with Crippen molar-refractivity contribution in [2.75, 3.05) is 13.1 Å². The third kappa shape index (κ3) is 3.93. The van der Waals surface area contributed by atoms with Gasteiger partial charge in [-0.15, -0.1) is 0 Å². The molecular weight excluding hydrogens is 340 g/mol. The summed E-state index contributed by atoms with van der Waals surface area (Å²) in [6, 6.07) is 16.3. The molecule has 0 radical (unpaired) electrons. The van der Waals surface area contributed by atoms with Gasteiger partial charge in [0.1, 0.15) is 5.58 Å². The van der Waals surface area contributed by atoms with E-state index in [1.165, 1.54) is 24.5 Å². The van der Waals surface area contributed by atoms with Crippen molar-refractivity contribution in [2.45, 2.75) is 25.9 Å². The van der Waals surface area contributed by atoms with Gasteiger partial charge in [0.05, 0.1) is 5.39 Å². The van der Waals surface area contributed by atoms with Crippen molar-refractivity contribution in [1.82, 2.24) is 10.2 Å². The number of nitrogens with one attached hydrogen (secondary N) is 1. The molecule has 138 valence electrons. The van der Waals surface area contributed by atoms with Crippen LogP contribution in [0.1, 0.15) is 34.5 Å². The van der Waals surface area contributed by atoms with Gasteiger partial charge in [-0.25, -0.2) is 0 Å². The molecule has 1 aliphatic rings. The van der Waals surface area contributed by atoms with Gasteiger partial charge in [0.2, 0.25) is 0 Å². The topological polar surface area (TPSA) is 62.6 Å². The summed E-state index contributed by atoms with van der Waals surface area (Å²) in [6.07, 6.45) is 2.50. The fourth-order valence-electron chi connectivity index (χ4n) is 3.54. The molecule has 0 aliphatic carbocycles. The Hall–Kier alpha value is -2.92. The Kier molecular flexibility index (Phi) is 5.03. The van der Waals surface area contributed by atoms with Crippen LogP contribution >= 0.6 is 0 Å². The van der Waals surface area contributed by atoms with Crippen LogP contribution in [0, 0.1) is 0 Å². The van der Waals surface area contributed by atoms with Crippen molar-refractivity contribution in [2.24, 2.45) is 0 Å².